The third kappa shape index (κ3) is 28.6. The van der Waals surface area contributed by atoms with E-state index in [4.69, 9.17) is 44.4 Å². The zero-order chi connectivity index (χ0) is 80.5. The molecule has 30 nitrogen and oxygen atoms in total. The van der Waals surface area contributed by atoms with Crippen LogP contribution in [0.4, 0.5) is 0 Å². The summed E-state index contributed by atoms with van der Waals surface area (Å²) in [5.41, 5.74) is 9.93. The highest BCUT2D eigenvalue weighted by Crippen LogP contribution is 2.42. The molecule has 0 aliphatic carbocycles. The highest BCUT2D eigenvalue weighted by atomic mass is 16.5. The highest BCUT2D eigenvalue weighted by Gasteiger charge is 2.30. The Morgan fingerprint density at radius 3 is 0.926 bits per heavy atom. The summed E-state index contributed by atoms with van der Waals surface area (Å²) in [4.78, 5) is 109. The lowest BCUT2D eigenvalue weighted by Gasteiger charge is -2.19. The summed E-state index contributed by atoms with van der Waals surface area (Å²) >= 11 is 0. The minimum absolute atomic E-state index is 0.0249. The van der Waals surface area contributed by atoms with Gasteiger partial charge in [-0.3, -0.25) is 57.2 Å². The topological polar surface area (TPSA) is 401 Å². The summed E-state index contributed by atoms with van der Waals surface area (Å²) in [6, 6.07) is 20.2. The molecule has 594 valence electrons. The minimum Gasteiger partial charge on any atom is -0.496 e. The van der Waals surface area contributed by atoms with Gasteiger partial charge in [-0.1, -0.05) is 121 Å². The molecule has 3 aromatic heterocycles. The Morgan fingerprint density at radius 2 is 0.685 bits per heavy atom. The molecule has 0 fully saturated rings. The Bertz CT molecular complexity index is 3860. The van der Waals surface area contributed by atoms with E-state index in [-0.39, 0.29) is 72.5 Å². The first-order valence-electron chi connectivity index (χ1n) is 36.6. The quantitative estimate of drug-likeness (QED) is 0.0172. The lowest BCUT2D eigenvalue weighted by molar-refractivity contribution is -0.138. The zero-order valence-corrected chi connectivity index (χ0v) is 66.0. The number of carbonyl (C=O) groups excluding carboxylic acids is 7. The van der Waals surface area contributed by atoms with E-state index in [0.29, 0.717) is 119 Å². The number of rotatable bonds is 42. The molecule has 10 N–H and O–H groups in total. The third-order valence-corrected chi connectivity index (χ3v) is 17.3. The van der Waals surface area contributed by atoms with Crippen molar-refractivity contribution >= 4 is 53.3 Å². The highest BCUT2D eigenvalue weighted by molar-refractivity contribution is 5.97. The molecule has 3 aromatic carbocycles. The smallest absolute Gasteiger partial charge is 0.322 e. The van der Waals surface area contributed by atoms with Crippen molar-refractivity contribution in [2.24, 2.45) is 41.2 Å². The zero-order valence-electron chi connectivity index (χ0n) is 66.0. The molecule has 0 saturated heterocycles. The van der Waals surface area contributed by atoms with Crippen molar-refractivity contribution in [1.29, 1.82) is 0 Å². The Kier molecular flexibility index (Phi) is 37.5. The standard InChI is InChI=1S/C27H40N4O6.C26H38N4O6.C25H37N5O5/c1-7-18(8-2)16-31-21(26-22(36-5)10-9-11-23(26)37-6)14-20(30-31)27(35)29-19(12-17(3)4)13-24(32)28-15-25(33)34;1-7-17(4)15-30-20(25-21(35-5)9-8-10-22(25)36-6)13-19(29-30)26(34)28-18(11-16(2)3)12-23(31)27-14-24(32)33;1-15(2)10-17(11-23(32)27-13-22(26)31)28-25(33)18-12-19(30(29-18)14-16(3)4)24-20(34-5)8-7-9-21(24)35-6/h9-11,14,17-19H,7-8,12-13,15-16H2,1-6H3,(H,28,32)(H,29,35)(H,33,34);8-10,13,16-18H,7,11-12,14-15H2,1-6H3,(H,27,31)(H,28,34)(H,32,33);7-9,12,15-17H,10-11,13-14H2,1-6H3,(H2,26,31)(H,27,32)(H,28,33)/t19-;17?,18-;17-/m000/s1. The summed E-state index contributed by atoms with van der Waals surface area (Å²) in [5.74, 6) is -0.136. The number of aliphatic carboxylic acids is 2. The molecule has 6 rings (SSSR count). The number of ether oxygens (including phenoxy) is 6. The van der Waals surface area contributed by atoms with Crippen molar-refractivity contribution in [1.82, 2.24) is 61.2 Å². The summed E-state index contributed by atoms with van der Waals surface area (Å²) in [6.45, 7) is 25.2. The molecule has 4 atom stereocenters. The number of nitrogens with two attached hydrogens (primary N) is 1. The van der Waals surface area contributed by atoms with Crippen molar-refractivity contribution < 1.29 is 81.8 Å². The molecule has 0 bridgehead atoms. The molecule has 7 amide bonds. The fraction of sp³-hybridized carbons (Fsp3) is 0.538. The van der Waals surface area contributed by atoms with E-state index >= 15 is 0 Å². The van der Waals surface area contributed by atoms with Gasteiger partial charge < -0.3 is 76.3 Å². The normalized spacial score (nSPS) is 12.1. The third-order valence-electron chi connectivity index (χ3n) is 17.3. The second-order valence-corrected chi connectivity index (χ2v) is 28.1. The van der Waals surface area contributed by atoms with Gasteiger partial charge in [-0.2, -0.15) is 15.3 Å². The molecule has 0 spiro atoms. The SMILES string of the molecule is CCC(C)Cn1nc(C(=O)N[C@H](CC(=O)NCC(=O)O)CC(C)C)cc1-c1c(OC)cccc1OC.CCC(CC)Cn1nc(C(=O)N[C@H](CC(=O)NCC(=O)O)CC(C)C)cc1-c1c(OC)cccc1OC.COc1cccc(OC)c1-c1cc(C(=O)N[C@H](CC(=O)NCC(N)=O)CC(C)C)nn1CC(C)C. The molecule has 30 heteroatoms. The van der Waals surface area contributed by atoms with Crippen LogP contribution in [0.3, 0.4) is 0 Å². The average molecular weight is 1510 g/mol. The number of nitrogens with one attached hydrogen (secondary N) is 6. The summed E-state index contributed by atoms with van der Waals surface area (Å²) in [7, 11) is 9.48. The number of carboxylic acid groups (broad SMARTS) is 2. The minimum atomic E-state index is -1.13. The lowest BCUT2D eigenvalue weighted by atomic mass is 10.0. The van der Waals surface area contributed by atoms with Gasteiger partial charge in [-0.25, -0.2) is 0 Å². The van der Waals surface area contributed by atoms with Gasteiger partial charge in [-0.15, -0.1) is 0 Å². The van der Waals surface area contributed by atoms with Gasteiger partial charge in [0.15, 0.2) is 17.1 Å². The predicted octanol–water partition coefficient (Wildman–Crippen LogP) is 9.45. The first kappa shape index (κ1) is 89.7. The van der Waals surface area contributed by atoms with Crippen LogP contribution in [-0.4, -0.2) is 173 Å². The Hall–Kier alpha value is -10.7. The number of nitrogens with zero attached hydrogens (tertiary/aromatic N) is 6. The van der Waals surface area contributed by atoms with Crippen LogP contribution in [0.5, 0.6) is 34.5 Å². The van der Waals surface area contributed by atoms with Crippen molar-refractivity contribution in [3.63, 3.8) is 0 Å². The molecular weight excluding hydrogens is 1390 g/mol. The lowest BCUT2D eigenvalue weighted by Crippen LogP contribution is -2.41. The monoisotopic (exact) mass is 1510 g/mol. The number of hydrogen-bond donors (Lipinski definition) is 9. The van der Waals surface area contributed by atoms with Crippen LogP contribution in [0, 0.1) is 35.5 Å². The molecule has 1 unspecified atom stereocenters. The largest absolute Gasteiger partial charge is 0.496 e. The molecule has 108 heavy (non-hydrogen) atoms. The fourth-order valence-electron chi connectivity index (χ4n) is 12.0. The number of methoxy groups -OCH3 is 6. The first-order chi connectivity index (χ1) is 51.3. The maximum absolute atomic E-state index is 13.3. The van der Waals surface area contributed by atoms with Crippen LogP contribution < -0.4 is 66.1 Å². The predicted molar refractivity (Wildman–Crippen MR) is 410 cm³/mol. The van der Waals surface area contributed by atoms with Crippen molar-refractivity contribution in [2.75, 3.05) is 62.3 Å². The van der Waals surface area contributed by atoms with Gasteiger partial charge >= 0.3 is 11.9 Å². The van der Waals surface area contributed by atoms with E-state index in [9.17, 15) is 43.2 Å². The summed E-state index contributed by atoms with van der Waals surface area (Å²) in [6.07, 6.45) is 4.50. The van der Waals surface area contributed by atoms with E-state index < -0.39 is 78.6 Å². The van der Waals surface area contributed by atoms with E-state index in [1.807, 2.05) is 101 Å². The molecule has 6 aromatic rings. The van der Waals surface area contributed by atoms with Gasteiger partial charge in [0.25, 0.3) is 17.7 Å². The van der Waals surface area contributed by atoms with E-state index in [1.54, 1.807) is 70.2 Å². The Labute approximate surface area is 634 Å². The summed E-state index contributed by atoms with van der Waals surface area (Å²) < 4.78 is 38.9. The van der Waals surface area contributed by atoms with Crippen molar-refractivity contribution in [2.45, 2.75) is 179 Å². The number of carboxylic acids is 2. The van der Waals surface area contributed by atoms with Crippen molar-refractivity contribution in [3.05, 3.63) is 89.9 Å². The van der Waals surface area contributed by atoms with E-state index in [0.717, 1.165) is 19.3 Å². The van der Waals surface area contributed by atoms with Crippen LogP contribution in [0.25, 0.3) is 33.8 Å². The van der Waals surface area contributed by atoms with Crippen LogP contribution >= 0.6 is 0 Å². The van der Waals surface area contributed by atoms with Gasteiger partial charge in [0.05, 0.1) is 83.0 Å². The second kappa shape index (κ2) is 45.1. The van der Waals surface area contributed by atoms with Crippen LogP contribution in [0.1, 0.15) is 172 Å². The number of hydrogen-bond acceptors (Lipinski definition) is 18. The Morgan fingerprint density at radius 1 is 0.407 bits per heavy atom. The first-order valence-corrected chi connectivity index (χ1v) is 36.6. The maximum atomic E-state index is 13.3. The van der Waals surface area contributed by atoms with Gasteiger partial charge in [0, 0.05) is 57.0 Å². The molecule has 0 saturated carbocycles. The average Bonchev–Trinajstić information content (AvgIpc) is 1.63. The maximum Gasteiger partial charge on any atom is 0.322 e. The molecule has 0 radical (unpaired) electrons. The fourth-order valence-corrected chi connectivity index (χ4v) is 12.0. The van der Waals surface area contributed by atoms with Crippen LogP contribution in [0.2, 0.25) is 0 Å². The van der Waals surface area contributed by atoms with Crippen molar-refractivity contribution in [3.8, 4) is 68.3 Å². The van der Waals surface area contributed by atoms with Gasteiger partial charge in [0.2, 0.25) is 23.6 Å². The van der Waals surface area contributed by atoms with Crippen LogP contribution in [0.15, 0.2) is 72.8 Å². The van der Waals surface area contributed by atoms with E-state index in [1.165, 1.54) is 0 Å². The van der Waals surface area contributed by atoms with Crippen LogP contribution in [-0.2, 0) is 48.4 Å². The molecule has 3 heterocycles. The number of carbonyl (C=O) groups is 9. The van der Waals surface area contributed by atoms with Gasteiger partial charge in [0.1, 0.15) is 47.6 Å². The number of aromatic nitrogens is 6. The number of amides is 7. The summed E-state index contributed by atoms with van der Waals surface area (Å²) in [5, 5.41) is 47.4. The second-order valence-electron chi connectivity index (χ2n) is 28.1. The Balaban J connectivity index is 0.000000342. The number of primary amides is 1. The van der Waals surface area contributed by atoms with Gasteiger partial charge in [-0.05, 0) is 109 Å². The molecule has 0 aliphatic heterocycles. The number of benzene rings is 3. The molecular formula is C78H115N13O17. The van der Waals surface area contributed by atoms with E-state index in [2.05, 4.69) is 88.7 Å². The molecule has 0 aliphatic rings.